The van der Waals surface area contributed by atoms with Gasteiger partial charge in [0, 0.05) is 5.92 Å². The Hall–Kier alpha value is -4.04. The second-order valence-electron chi connectivity index (χ2n) is 10.2. The normalized spacial score (nSPS) is 24.3. The van der Waals surface area contributed by atoms with Gasteiger partial charge in [0.1, 0.15) is 0 Å². The first kappa shape index (κ1) is 27.0. The average Bonchev–Trinajstić information content (AvgIpc) is 2.95. The van der Waals surface area contributed by atoms with Crippen molar-refractivity contribution in [3.63, 3.8) is 0 Å². The Bertz CT molecular complexity index is 1170. The van der Waals surface area contributed by atoms with Crippen molar-refractivity contribution in [1.82, 2.24) is 0 Å². The number of hydrogen-bond donors (Lipinski definition) is 0. The lowest BCUT2D eigenvalue weighted by atomic mass is 9.61. The van der Waals surface area contributed by atoms with Crippen LogP contribution in [0.25, 0.3) is 0 Å². The smallest absolute Gasteiger partial charge is 0.211 e. The summed E-state index contributed by atoms with van der Waals surface area (Å²) in [4.78, 5) is 58.8. The molecule has 0 heterocycles. The first-order valence-electron chi connectivity index (χ1n) is 13.2. The van der Waals surface area contributed by atoms with Crippen LogP contribution in [0.4, 0.5) is 11.4 Å². The van der Waals surface area contributed by atoms with Gasteiger partial charge in [-0.3, -0.25) is 0 Å². The Morgan fingerprint density at radius 2 is 0.895 bits per heavy atom. The molecule has 0 N–H and O–H groups in total. The van der Waals surface area contributed by atoms with Crippen LogP contribution in [0.5, 0.6) is 0 Å². The van der Waals surface area contributed by atoms with Gasteiger partial charge in [0.15, 0.2) is 0 Å². The average molecular weight is 511 g/mol. The summed E-state index contributed by atoms with van der Waals surface area (Å²) in [5.41, 5.74) is 3.34. The van der Waals surface area contributed by atoms with Gasteiger partial charge in [0.25, 0.3) is 0 Å². The van der Waals surface area contributed by atoms with Gasteiger partial charge in [-0.2, -0.15) is 9.98 Å². The molecule has 2 aliphatic carbocycles. The third-order valence-electron chi connectivity index (χ3n) is 8.28. The summed E-state index contributed by atoms with van der Waals surface area (Å²) in [6.07, 6.45) is 13.9. The lowest BCUT2D eigenvalue weighted by molar-refractivity contribution is 0.119. The van der Waals surface area contributed by atoms with Crippen molar-refractivity contribution in [2.24, 2.45) is 37.7 Å². The van der Waals surface area contributed by atoms with Crippen molar-refractivity contribution >= 4 is 35.7 Å². The molecule has 194 valence electrons. The second-order valence-corrected chi connectivity index (χ2v) is 10.2. The highest BCUT2D eigenvalue weighted by molar-refractivity contribution is 5.52. The van der Waals surface area contributed by atoms with Crippen LogP contribution in [-0.4, -0.2) is 36.4 Å². The van der Waals surface area contributed by atoms with Crippen LogP contribution in [0, 0.1) is 17.8 Å². The fourth-order valence-electron chi connectivity index (χ4n) is 6.56. The predicted molar refractivity (Wildman–Crippen MR) is 142 cm³/mol. The molecule has 2 saturated carbocycles. The van der Waals surface area contributed by atoms with E-state index in [1.54, 1.807) is 24.3 Å². The lowest BCUT2D eigenvalue weighted by Crippen LogP contribution is -2.36. The first-order chi connectivity index (χ1) is 18.7. The van der Waals surface area contributed by atoms with Crippen molar-refractivity contribution in [2.75, 3.05) is 0 Å². The number of benzene rings is 2. The zero-order valence-corrected chi connectivity index (χ0v) is 21.2. The van der Waals surface area contributed by atoms with E-state index in [2.05, 4.69) is 20.0 Å². The van der Waals surface area contributed by atoms with Gasteiger partial charge >= 0.3 is 0 Å². The number of isocyanates is 4. The van der Waals surface area contributed by atoms with E-state index in [1.165, 1.54) is 0 Å². The van der Waals surface area contributed by atoms with Crippen molar-refractivity contribution in [2.45, 2.75) is 69.4 Å². The lowest BCUT2D eigenvalue weighted by Gasteiger charge is -2.44. The number of aliphatic imine (C=N–C) groups is 4. The Balaban J connectivity index is 1.75. The Morgan fingerprint density at radius 1 is 0.526 bits per heavy atom. The highest BCUT2D eigenvalue weighted by Gasteiger charge is 2.40. The second kappa shape index (κ2) is 13.5. The van der Waals surface area contributed by atoms with E-state index >= 15 is 0 Å². The third kappa shape index (κ3) is 6.63. The fourth-order valence-corrected chi connectivity index (χ4v) is 6.56. The van der Waals surface area contributed by atoms with E-state index < -0.39 is 0 Å². The van der Waals surface area contributed by atoms with Gasteiger partial charge in [0.05, 0.1) is 23.5 Å². The minimum atomic E-state index is 0.0292. The molecule has 38 heavy (non-hydrogen) atoms. The largest absolute Gasteiger partial charge is 0.240 e. The molecule has 0 radical (unpaired) electrons. The minimum Gasteiger partial charge on any atom is -0.211 e. The number of carbonyl (C=O) groups excluding carboxylic acids is 4. The third-order valence-corrected chi connectivity index (χ3v) is 8.28. The zero-order chi connectivity index (χ0) is 26.7. The Kier molecular flexibility index (Phi) is 9.59. The molecule has 4 rings (SSSR count). The van der Waals surface area contributed by atoms with Crippen LogP contribution in [0.2, 0.25) is 0 Å². The molecule has 2 aromatic rings. The molecule has 0 unspecified atom stereocenters. The summed E-state index contributed by atoms with van der Waals surface area (Å²) in [5.74, 6) is 1.16. The van der Waals surface area contributed by atoms with E-state index in [1.807, 2.05) is 48.5 Å². The standard InChI is InChI=1S/C30H30N4O4/c35-17-31-25-9-1-21(2-10-25)29(22-3-11-26(12-4-22)32-18-36)30(23-5-13-27(14-6-23)33-19-37)24-7-15-28(16-8-24)34-20-38/h1-4,9-12,23-24,27-30H,5-8,13-16H2. The number of rotatable bonds is 9. The minimum absolute atomic E-state index is 0.0292. The molecular weight excluding hydrogens is 480 g/mol. The molecule has 2 fully saturated rings. The molecule has 0 spiro atoms. The van der Waals surface area contributed by atoms with Crippen LogP contribution in [0.1, 0.15) is 68.4 Å². The molecule has 2 aliphatic rings. The SMILES string of the molecule is O=C=Nc1ccc(C(c2ccc(N=C=O)cc2)C(C2CCC(N=C=O)CC2)C2CCC(N=C=O)CC2)cc1. The van der Waals surface area contributed by atoms with Gasteiger partial charge in [-0.05, 0) is 105 Å². The molecule has 0 bridgehead atoms. The molecule has 0 aromatic heterocycles. The quantitative estimate of drug-likeness (QED) is 0.296. The molecule has 2 aromatic carbocycles. The van der Waals surface area contributed by atoms with Crippen molar-refractivity contribution in [3.05, 3.63) is 59.7 Å². The summed E-state index contributed by atoms with van der Waals surface area (Å²) < 4.78 is 0. The Labute approximate surface area is 221 Å². The van der Waals surface area contributed by atoms with E-state index in [9.17, 15) is 19.2 Å². The topological polar surface area (TPSA) is 118 Å². The van der Waals surface area contributed by atoms with E-state index in [0.717, 1.165) is 62.5 Å². The van der Waals surface area contributed by atoms with E-state index in [-0.39, 0.29) is 23.9 Å². The molecule has 0 aliphatic heterocycles. The van der Waals surface area contributed by atoms with E-state index in [4.69, 9.17) is 0 Å². The van der Waals surface area contributed by atoms with Crippen LogP contribution in [0.3, 0.4) is 0 Å². The van der Waals surface area contributed by atoms with Crippen molar-refractivity contribution in [1.29, 1.82) is 0 Å². The van der Waals surface area contributed by atoms with Gasteiger partial charge in [0.2, 0.25) is 24.3 Å². The zero-order valence-electron chi connectivity index (χ0n) is 21.2. The highest BCUT2D eigenvalue weighted by atomic mass is 16.1. The van der Waals surface area contributed by atoms with Gasteiger partial charge < -0.3 is 0 Å². The molecule has 0 amide bonds. The molecule has 8 nitrogen and oxygen atoms in total. The highest BCUT2D eigenvalue weighted by Crippen LogP contribution is 2.50. The van der Waals surface area contributed by atoms with Crippen molar-refractivity contribution < 1.29 is 19.2 Å². The van der Waals surface area contributed by atoms with Crippen LogP contribution < -0.4 is 0 Å². The molecular formula is C30H30N4O4. The predicted octanol–water partition coefficient (Wildman–Crippen LogP) is 6.16. The van der Waals surface area contributed by atoms with Crippen LogP contribution in [-0.2, 0) is 19.2 Å². The maximum Gasteiger partial charge on any atom is 0.240 e. The summed E-state index contributed by atoms with van der Waals surface area (Å²) in [7, 11) is 0. The fraction of sp³-hybridized carbons (Fsp3) is 0.467. The first-order valence-corrected chi connectivity index (χ1v) is 13.2. The van der Waals surface area contributed by atoms with E-state index in [0.29, 0.717) is 23.2 Å². The maximum absolute atomic E-state index is 10.9. The number of nitrogens with zero attached hydrogens (tertiary/aromatic N) is 4. The summed E-state index contributed by atoms with van der Waals surface area (Å²) in [5, 5.41) is 0. The molecule has 8 heteroatoms. The number of hydrogen-bond acceptors (Lipinski definition) is 8. The van der Waals surface area contributed by atoms with Gasteiger partial charge in [-0.1, -0.05) is 24.3 Å². The van der Waals surface area contributed by atoms with Crippen LogP contribution in [0.15, 0.2) is 68.5 Å². The summed E-state index contributed by atoms with van der Waals surface area (Å²) in [6, 6.07) is 15.5. The van der Waals surface area contributed by atoms with Gasteiger partial charge in [-0.25, -0.2) is 29.2 Å². The van der Waals surface area contributed by atoms with Crippen LogP contribution >= 0.6 is 0 Å². The monoisotopic (exact) mass is 510 g/mol. The maximum atomic E-state index is 10.9. The molecule has 0 saturated heterocycles. The summed E-state index contributed by atoms with van der Waals surface area (Å²) >= 11 is 0. The van der Waals surface area contributed by atoms with Crippen molar-refractivity contribution in [3.8, 4) is 0 Å². The molecule has 0 atom stereocenters. The van der Waals surface area contributed by atoms with Gasteiger partial charge in [-0.15, -0.1) is 0 Å². The Morgan fingerprint density at radius 3 is 1.21 bits per heavy atom. The summed E-state index contributed by atoms with van der Waals surface area (Å²) in [6.45, 7) is 0.